The first-order chi connectivity index (χ1) is 2.89. The Labute approximate surface area is 43.5 Å². The van der Waals surface area contributed by atoms with E-state index in [9.17, 15) is 0 Å². The van der Waals surface area contributed by atoms with Crippen LogP contribution in [0, 0.1) is 12.8 Å². The Kier molecular flexibility index (Phi) is 1.36. The molecule has 1 aliphatic carbocycles. The molecular weight excluding hydrogens is 95.5 g/mol. The molecule has 1 heteroatoms. The summed E-state index contributed by atoms with van der Waals surface area (Å²) in [7, 11) is 0. The Morgan fingerprint density at radius 3 is 2.00 bits per heavy atom. The summed E-state index contributed by atoms with van der Waals surface area (Å²) in [6, 6.07) is 0. The molecule has 1 fully saturated rings. The van der Waals surface area contributed by atoms with Crippen molar-refractivity contribution >= 4 is 11.6 Å². The fraction of sp³-hybridized carbons (Fsp3) is 0.600. The van der Waals surface area contributed by atoms with Gasteiger partial charge in [-0.15, -0.1) is 11.6 Å². The summed E-state index contributed by atoms with van der Waals surface area (Å²) in [5.41, 5.74) is 0. The molecule has 0 N–H and O–H groups in total. The van der Waals surface area contributed by atoms with Crippen LogP contribution in [0.2, 0.25) is 0 Å². The third-order valence-corrected chi connectivity index (χ3v) is 1.31. The van der Waals surface area contributed by atoms with Crippen LogP contribution in [0.4, 0.5) is 0 Å². The minimum Gasteiger partial charge on any atom is -0.122 e. The summed E-state index contributed by atoms with van der Waals surface area (Å²) in [6.07, 6.45) is 6.57. The van der Waals surface area contributed by atoms with Gasteiger partial charge in [-0.2, -0.15) is 0 Å². The van der Waals surface area contributed by atoms with Crippen molar-refractivity contribution in [3.8, 4) is 0 Å². The zero-order valence-electron chi connectivity index (χ0n) is 3.52. The van der Waals surface area contributed by atoms with Crippen molar-refractivity contribution < 1.29 is 0 Å². The van der Waals surface area contributed by atoms with E-state index < -0.39 is 0 Å². The second-order valence-electron chi connectivity index (χ2n) is 1.49. The van der Waals surface area contributed by atoms with E-state index in [0.717, 1.165) is 0 Å². The van der Waals surface area contributed by atoms with Crippen LogP contribution in [0.1, 0.15) is 12.8 Å². The lowest BCUT2D eigenvalue weighted by Gasteiger charge is -1.87. The number of rotatable bonds is 0. The molecule has 0 bridgehead atoms. The molecule has 6 heavy (non-hydrogen) atoms. The Balaban J connectivity index is 2.18. The summed E-state index contributed by atoms with van der Waals surface area (Å²) in [6.45, 7) is 0. The first-order valence-electron chi connectivity index (χ1n) is 2.20. The first-order valence-corrected chi connectivity index (χ1v) is 2.64. The van der Waals surface area contributed by atoms with Gasteiger partial charge in [-0.25, -0.2) is 0 Å². The number of hydrogen-bond acceptors (Lipinski definition) is 0. The maximum absolute atomic E-state index is 5.60. The molecule has 34 valence electrons. The van der Waals surface area contributed by atoms with E-state index in [1.165, 1.54) is 12.8 Å². The number of halogens is 1. The minimum atomic E-state index is 0.269. The molecule has 2 radical (unpaired) electrons. The van der Waals surface area contributed by atoms with Gasteiger partial charge < -0.3 is 0 Å². The van der Waals surface area contributed by atoms with E-state index >= 15 is 0 Å². The van der Waals surface area contributed by atoms with Crippen molar-refractivity contribution in [3.63, 3.8) is 0 Å². The fourth-order valence-corrected chi connectivity index (χ4v) is 0.859. The van der Waals surface area contributed by atoms with Crippen molar-refractivity contribution in [2.45, 2.75) is 18.2 Å². The van der Waals surface area contributed by atoms with Gasteiger partial charge in [0.1, 0.15) is 0 Å². The lowest BCUT2D eigenvalue weighted by molar-refractivity contribution is 1.05. The highest BCUT2D eigenvalue weighted by atomic mass is 35.5. The predicted octanol–water partition coefficient (Wildman–Crippen LogP) is 1.80. The van der Waals surface area contributed by atoms with E-state index in [0.29, 0.717) is 0 Å². The molecule has 0 aromatic carbocycles. The zero-order valence-corrected chi connectivity index (χ0v) is 4.28. The number of hydrogen-bond donors (Lipinski definition) is 0. The molecule has 0 amide bonds. The second-order valence-corrected chi connectivity index (χ2v) is 2.00. The monoisotopic (exact) mass is 102 g/mol. The average molecular weight is 103 g/mol. The summed E-state index contributed by atoms with van der Waals surface area (Å²) in [5.74, 6) is 0. The van der Waals surface area contributed by atoms with E-state index in [2.05, 4.69) is 12.8 Å². The molecule has 0 aromatic rings. The van der Waals surface area contributed by atoms with Crippen LogP contribution in [0.15, 0.2) is 0 Å². The Bertz CT molecular complexity index is 37.2. The van der Waals surface area contributed by atoms with E-state index in [4.69, 9.17) is 11.6 Å². The molecule has 0 aliphatic heterocycles. The Hall–Kier alpha value is 0.290. The van der Waals surface area contributed by atoms with Gasteiger partial charge >= 0.3 is 0 Å². The molecule has 1 saturated carbocycles. The van der Waals surface area contributed by atoms with Crippen LogP contribution in [-0.4, -0.2) is 5.38 Å². The molecule has 1 rings (SSSR count). The van der Waals surface area contributed by atoms with Gasteiger partial charge in [0, 0.05) is 5.38 Å². The molecule has 0 spiro atoms. The lowest BCUT2D eigenvalue weighted by atomic mass is 10.4. The maximum Gasteiger partial charge on any atom is 0.0398 e. The number of alkyl halides is 1. The SMILES string of the molecule is ClC1[CH]CC[CH]1. The van der Waals surface area contributed by atoms with Gasteiger partial charge in [0.25, 0.3) is 0 Å². The standard InChI is InChI=1S/C5H7Cl/c6-5-3-1-2-4-5/h3-5H,1-2H2. The van der Waals surface area contributed by atoms with Crippen molar-refractivity contribution in [2.24, 2.45) is 0 Å². The van der Waals surface area contributed by atoms with Crippen molar-refractivity contribution in [1.82, 2.24) is 0 Å². The van der Waals surface area contributed by atoms with Gasteiger partial charge in [-0.1, -0.05) is 0 Å². The van der Waals surface area contributed by atoms with Crippen molar-refractivity contribution in [3.05, 3.63) is 12.8 Å². The lowest BCUT2D eigenvalue weighted by Crippen LogP contribution is -1.85. The second kappa shape index (κ2) is 1.83. The minimum absolute atomic E-state index is 0.269. The summed E-state index contributed by atoms with van der Waals surface area (Å²) in [5, 5.41) is 0.269. The van der Waals surface area contributed by atoms with Crippen LogP contribution in [-0.2, 0) is 0 Å². The predicted molar refractivity (Wildman–Crippen MR) is 27.5 cm³/mol. The average Bonchev–Trinajstić information content (AvgIpc) is 1.86. The molecule has 0 saturated heterocycles. The van der Waals surface area contributed by atoms with Gasteiger partial charge in [-0.05, 0) is 25.7 Å². The third kappa shape index (κ3) is 0.874. The van der Waals surface area contributed by atoms with Gasteiger partial charge in [0.05, 0.1) is 0 Å². The smallest absolute Gasteiger partial charge is 0.0398 e. The normalized spacial score (nSPS) is 25.5. The molecule has 0 unspecified atom stereocenters. The van der Waals surface area contributed by atoms with E-state index in [1.807, 2.05) is 0 Å². The van der Waals surface area contributed by atoms with Crippen molar-refractivity contribution in [2.75, 3.05) is 0 Å². The third-order valence-electron chi connectivity index (χ3n) is 0.950. The summed E-state index contributed by atoms with van der Waals surface area (Å²) < 4.78 is 0. The molecular formula is C5H7Cl. The first kappa shape index (κ1) is 4.45. The van der Waals surface area contributed by atoms with E-state index in [1.54, 1.807) is 0 Å². The molecule has 0 atom stereocenters. The van der Waals surface area contributed by atoms with Crippen LogP contribution in [0.5, 0.6) is 0 Å². The molecule has 0 aromatic heterocycles. The highest BCUT2D eigenvalue weighted by Gasteiger charge is 2.10. The fourth-order valence-electron chi connectivity index (χ4n) is 0.607. The van der Waals surface area contributed by atoms with Crippen molar-refractivity contribution in [1.29, 1.82) is 0 Å². The zero-order chi connectivity index (χ0) is 4.41. The maximum atomic E-state index is 5.60. The van der Waals surface area contributed by atoms with E-state index in [-0.39, 0.29) is 5.38 Å². The van der Waals surface area contributed by atoms with Crippen LogP contribution < -0.4 is 0 Å². The summed E-state index contributed by atoms with van der Waals surface area (Å²) in [4.78, 5) is 0. The Morgan fingerprint density at radius 1 is 1.33 bits per heavy atom. The van der Waals surface area contributed by atoms with Crippen LogP contribution in [0.25, 0.3) is 0 Å². The van der Waals surface area contributed by atoms with Gasteiger partial charge in [0.15, 0.2) is 0 Å². The van der Waals surface area contributed by atoms with Gasteiger partial charge in [-0.3, -0.25) is 0 Å². The Morgan fingerprint density at radius 2 is 1.83 bits per heavy atom. The molecule has 0 nitrogen and oxygen atoms in total. The van der Waals surface area contributed by atoms with Crippen LogP contribution in [0.3, 0.4) is 0 Å². The van der Waals surface area contributed by atoms with Crippen LogP contribution >= 0.6 is 11.6 Å². The van der Waals surface area contributed by atoms with Gasteiger partial charge in [0.2, 0.25) is 0 Å². The molecule has 1 aliphatic rings. The highest BCUT2D eigenvalue weighted by Crippen LogP contribution is 2.19. The quantitative estimate of drug-likeness (QED) is 0.409. The highest BCUT2D eigenvalue weighted by molar-refractivity contribution is 6.22. The topological polar surface area (TPSA) is 0 Å². The summed E-state index contributed by atoms with van der Waals surface area (Å²) >= 11 is 5.60. The molecule has 0 heterocycles. The largest absolute Gasteiger partial charge is 0.122 e.